The Morgan fingerprint density at radius 2 is 1.96 bits per heavy atom. The molecule has 0 spiro atoms. The van der Waals surface area contributed by atoms with E-state index in [1.54, 1.807) is 13.2 Å². The summed E-state index contributed by atoms with van der Waals surface area (Å²) >= 11 is 0. The van der Waals surface area contributed by atoms with Crippen molar-refractivity contribution in [2.24, 2.45) is 0 Å². The molecule has 2 aromatic carbocycles. The molecule has 1 atom stereocenters. The second-order valence-electron chi connectivity index (χ2n) is 7.38. The number of allylic oxidation sites excluding steroid dienone is 2. The zero-order valence-corrected chi connectivity index (χ0v) is 16.2. The summed E-state index contributed by atoms with van der Waals surface area (Å²) < 4.78 is 11.8. The Balaban J connectivity index is 1.40. The van der Waals surface area contributed by atoms with Gasteiger partial charge in [-0.25, -0.2) is 0 Å². The van der Waals surface area contributed by atoms with Crippen LogP contribution in [0.1, 0.15) is 24.8 Å². The fourth-order valence-corrected chi connectivity index (χ4v) is 3.79. The molecule has 1 fully saturated rings. The molecule has 0 radical (unpaired) electrons. The molecule has 0 amide bonds. The minimum Gasteiger partial charge on any atom is -0.493 e. The third-order valence-electron chi connectivity index (χ3n) is 5.22. The molecule has 1 saturated heterocycles. The average Bonchev–Trinajstić information content (AvgIpc) is 3.31. The van der Waals surface area contributed by atoms with E-state index in [0.717, 1.165) is 55.4 Å². The SMILES string of the molecule is COc1ccc(NC2=CC(=O)CC2)cc1OC1CCN(Cc2ccccc2)C1. The van der Waals surface area contributed by atoms with Gasteiger partial charge in [0.2, 0.25) is 0 Å². The molecule has 5 nitrogen and oxygen atoms in total. The number of hydrogen-bond donors (Lipinski definition) is 1. The summed E-state index contributed by atoms with van der Waals surface area (Å²) in [5.41, 5.74) is 3.19. The number of anilines is 1. The molecule has 2 aromatic rings. The van der Waals surface area contributed by atoms with Gasteiger partial charge in [0, 0.05) is 49.6 Å². The molecule has 1 heterocycles. The molecular weight excluding hydrogens is 352 g/mol. The monoisotopic (exact) mass is 378 g/mol. The molecular formula is C23H26N2O3. The first-order valence-corrected chi connectivity index (χ1v) is 9.81. The highest BCUT2D eigenvalue weighted by molar-refractivity contribution is 5.93. The number of nitrogens with zero attached hydrogens (tertiary/aromatic N) is 1. The van der Waals surface area contributed by atoms with Crippen LogP contribution in [0.25, 0.3) is 0 Å². The Labute approximate surface area is 165 Å². The number of nitrogens with one attached hydrogen (secondary N) is 1. The van der Waals surface area contributed by atoms with Crippen LogP contribution in [-0.4, -0.2) is 37.0 Å². The van der Waals surface area contributed by atoms with E-state index >= 15 is 0 Å². The van der Waals surface area contributed by atoms with Crippen molar-refractivity contribution in [1.29, 1.82) is 0 Å². The van der Waals surface area contributed by atoms with Crippen molar-refractivity contribution in [3.05, 3.63) is 65.9 Å². The van der Waals surface area contributed by atoms with E-state index in [2.05, 4.69) is 34.5 Å². The van der Waals surface area contributed by atoms with E-state index < -0.39 is 0 Å². The van der Waals surface area contributed by atoms with Crippen LogP contribution in [0.2, 0.25) is 0 Å². The topological polar surface area (TPSA) is 50.8 Å². The minimum absolute atomic E-state index is 0.139. The first-order valence-electron chi connectivity index (χ1n) is 9.81. The number of benzene rings is 2. The van der Waals surface area contributed by atoms with Gasteiger partial charge in [-0.3, -0.25) is 9.69 Å². The summed E-state index contributed by atoms with van der Waals surface area (Å²) in [5, 5.41) is 3.32. The molecule has 0 aromatic heterocycles. The number of ketones is 1. The fourth-order valence-electron chi connectivity index (χ4n) is 3.79. The maximum absolute atomic E-state index is 11.4. The van der Waals surface area contributed by atoms with Gasteiger partial charge in [0.1, 0.15) is 6.10 Å². The highest BCUT2D eigenvalue weighted by Crippen LogP contribution is 2.33. The largest absolute Gasteiger partial charge is 0.493 e. The zero-order valence-electron chi connectivity index (χ0n) is 16.2. The second kappa shape index (κ2) is 8.48. The van der Waals surface area contributed by atoms with Crippen molar-refractivity contribution >= 4 is 11.5 Å². The molecule has 5 heteroatoms. The van der Waals surface area contributed by atoms with E-state index in [9.17, 15) is 4.79 Å². The lowest BCUT2D eigenvalue weighted by Gasteiger charge is -2.19. The second-order valence-corrected chi connectivity index (χ2v) is 7.38. The predicted octanol–water partition coefficient (Wildman–Crippen LogP) is 4.01. The van der Waals surface area contributed by atoms with Gasteiger partial charge in [0.05, 0.1) is 7.11 Å². The zero-order chi connectivity index (χ0) is 19.3. The Morgan fingerprint density at radius 3 is 2.71 bits per heavy atom. The van der Waals surface area contributed by atoms with Crippen molar-refractivity contribution in [2.45, 2.75) is 31.9 Å². The lowest BCUT2D eigenvalue weighted by Crippen LogP contribution is -2.24. The van der Waals surface area contributed by atoms with Gasteiger partial charge in [-0.05, 0) is 30.5 Å². The Kier molecular flexibility index (Phi) is 5.63. The fraction of sp³-hybridized carbons (Fsp3) is 0.348. The molecule has 1 aliphatic carbocycles. The number of likely N-dealkylation sites (tertiary alicyclic amines) is 1. The first kappa shape index (κ1) is 18.6. The van der Waals surface area contributed by atoms with Gasteiger partial charge < -0.3 is 14.8 Å². The van der Waals surface area contributed by atoms with Crippen LogP contribution in [0.15, 0.2) is 60.3 Å². The maximum Gasteiger partial charge on any atom is 0.163 e. The smallest absolute Gasteiger partial charge is 0.163 e. The van der Waals surface area contributed by atoms with Crippen LogP contribution >= 0.6 is 0 Å². The van der Waals surface area contributed by atoms with Gasteiger partial charge in [-0.1, -0.05) is 30.3 Å². The van der Waals surface area contributed by atoms with Gasteiger partial charge >= 0.3 is 0 Å². The Hall–Kier alpha value is -2.79. The number of carbonyl (C=O) groups excluding carboxylic acids is 1. The molecule has 0 saturated carbocycles. The van der Waals surface area contributed by atoms with E-state index in [1.807, 2.05) is 24.3 Å². The van der Waals surface area contributed by atoms with Crippen LogP contribution in [0.3, 0.4) is 0 Å². The van der Waals surface area contributed by atoms with Gasteiger partial charge in [0.15, 0.2) is 17.3 Å². The number of ether oxygens (including phenoxy) is 2. The van der Waals surface area contributed by atoms with E-state index in [-0.39, 0.29) is 11.9 Å². The summed E-state index contributed by atoms with van der Waals surface area (Å²) in [5.74, 6) is 1.64. The molecule has 0 bridgehead atoms. The van der Waals surface area contributed by atoms with Crippen molar-refractivity contribution in [3.63, 3.8) is 0 Å². The Morgan fingerprint density at radius 1 is 1.11 bits per heavy atom. The Bertz CT molecular complexity index is 863. The average molecular weight is 378 g/mol. The van der Waals surface area contributed by atoms with Crippen molar-refractivity contribution in [3.8, 4) is 11.5 Å². The van der Waals surface area contributed by atoms with Crippen molar-refractivity contribution in [1.82, 2.24) is 4.90 Å². The third kappa shape index (κ3) is 4.54. The lowest BCUT2D eigenvalue weighted by molar-refractivity contribution is -0.114. The van der Waals surface area contributed by atoms with Crippen LogP contribution in [-0.2, 0) is 11.3 Å². The van der Waals surface area contributed by atoms with E-state index in [0.29, 0.717) is 6.42 Å². The standard InChI is InChI=1S/C23H26N2O3/c1-27-22-10-8-19(24-18-7-9-20(26)13-18)14-23(22)28-21-11-12-25(16-21)15-17-5-3-2-4-6-17/h2-6,8,10,13-14,21,24H,7,9,11-12,15-16H2,1H3. The number of hydrogen-bond acceptors (Lipinski definition) is 5. The predicted molar refractivity (Wildman–Crippen MR) is 110 cm³/mol. The summed E-state index contributed by atoms with van der Waals surface area (Å²) in [7, 11) is 1.66. The van der Waals surface area contributed by atoms with Crippen LogP contribution in [0, 0.1) is 0 Å². The molecule has 4 rings (SSSR count). The first-order chi connectivity index (χ1) is 13.7. The number of rotatable bonds is 7. The number of carbonyl (C=O) groups is 1. The summed E-state index contributed by atoms with van der Waals surface area (Å²) in [4.78, 5) is 13.9. The molecule has 1 unspecified atom stereocenters. The quantitative estimate of drug-likeness (QED) is 0.789. The van der Waals surface area contributed by atoms with Crippen molar-refractivity contribution in [2.75, 3.05) is 25.5 Å². The van der Waals surface area contributed by atoms with Crippen molar-refractivity contribution < 1.29 is 14.3 Å². The maximum atomic E-state index is 11.4. The van der Waals surface area contributed by atoms with E-state index in [1.165, 1.54) is 5.56 Å². The van der Waals surface area contributed by atoms with Gasteiger partial charge in [-0.15, -0.1) is 0 Å². The van der Waals surface area contributed by atoms with Crippen LogP contribution < -0.4 is 14.8 Å². The molecule has 1 N–H and O–H groups in total. The van der Waals surface area contributed by atoms with E-state index in [4.69, 9.17) is 9.47 Å². The lowest BCUT2D eigenvalue weighted by atomic mass is 10.2. The third-order valence-corrected chi connectivity index (χ3v) is 5.22. The molecule has 2 aliphatic rings. The summed E-state index contributed by atoms with van der Waals surface area (Å²) in [6.07, 6.45) is 4.16. The van der Waals surface area contributed by atoms with Crippen LogP contribution in [0.5, 0.6) is 11.5 Å². The summed E-state index contributed by atoms with van der Waals surface area (Å²) in [6, 6.07) is 16.3. The molecule has 28 heavy (non-hydrogen) atoms. The summed E-state index contributed by atoms with van der Waals surface area (Å²) in [6.45, 7) is 2.87. The van der Waals surface area contributed by atoms with Gasteiger partial charge in [-0.2, -0.15) is 0 Å². The van der Waals surface area contributed by atoms with Crippen LogP contribution in [0.4, 0.5) is 5.69 Å². The van der Waals surface area contributed by atoms with Gasteiger partial charge in [0.25, 0.3) is 0 Å². The number of methoxy groups -OCH3 is 1. The highest BCUT2D eigenvalue weighted by Gasteiger charge is 2.25. The molecule has 1 aliphatic heterocycles. The normalized spacial score (nSPS) is 19.5. The molecule has 146 valence electrons. The minimum atomic E-state index is 0.139. The highest BCUT2D eigenvalue weighted by atomic mass is 16.5.